The highest BCUT2D eigenvalue weighted by atomic mass is 16.8. The summed E-state index contributed by atoms with van der Waals surface area (Å²) in [7, 11) is 0. The summed E-state index contributed by atoms with van der Waals surface area (Å²) in [5.41, 5.74) is 1.20. The molecule has 0 aromatic rings. The third-order valence-electron chi connectivity index (χ3n) is 2.71. The van der Waals surface area contributed by atoms with Gasteiger partial charge in [0.1, 0.15) is 0 Å². The average molecular weight is 196 g/mol. The molecule has 1 heterocycles. The van der Waals surface area contributed by atoms with Gasteiger partial charge < -0.3 is 9.57 Å². The molecule has 1 saturated carbocycles. The van der Waals surface area contributed by atoms with Crippen LogP contribution in [0.1, 0.15) is 44.9 Å². The molecule has 0 bridgehead atoms. The minimum atomic E-state index is -0.0813. The summed E-state index contributed by atoms with van der Waals surface area (Å²) in [5, 5.41) is 4.18. The van der Waals surface area contributed by atoms with E-state index in [4.69, 9.17) is 9.57 Å². The first-order valence-electron chi connectivity index (χ1n) is 5.60. The molecule has 1 saturated heterocycles. The van der Waals surface area contributed by atoms with Crippen molar-refractivity contribution in [3.63, 3.8) is 0 Å². The maximum Gasteiger partial charge on any atom is 0.226 e. The van der Waals surface area contributed by atoms with Crippen LogP contribution in [0.5, 0.6) is 0 Å². The molecule has 3 heteroatoms. The first-order chi connectivity index (χ1) is 6.95. The van der Waals surface area contributed by atoms with Crippen LogP contribution in [0.3, 0.4) is 0 Å². The van der Waals surface area contributed by atoms with Crippen molar-refractivity contribution in [3.8, 4) is 0 Å². The van der Waals surface area contributed by atoms with Crippen molar-refractivity contribution in [1.29, 1.82) is 0 Å². The Labute approximate surface area is 85.5 Å². The zero-order valence-electron chi connectivity index (χ0n) is 8.58. The second-order valence-corrected chi connectivity index (χ2v) is 3.93. The summed E-state index contributed by atoms with van der Waals surface area (Å²) in [6.45, 7) is 0.823. The number of ether oxygens (including phenoxy) is 1. The third kappa shape index (κ3) is 2.98. The van der Waals surface area contributed by atoms with Gasteiger partial charge in [0.25, 0.3) is 0 Å². The van der Waals surface area contributed by atoms with Crippen LogP contribution in [0.4, 0.5) is 0 Å². The zero-order chi connectivity index (χ0) is 9.64. The van der Waals surface area contributed by atoms with Crippen molar-refractivity contribution in [2.45, 2.75) is 51.2 Å². The van der Waals surface area contributed by atoms with Crippen LogP contribution in [-0.4, -0.2) is 18.6 Å². The van der Waals surface area contributed by atoms with Crippen molar-refractivity contribution in [2.24, 2.45) is 5.16 Å². The van der Waals surface area contributed by atoms with E-state index in [1.165, 1.54) is 12.1 Å². The Morgan fingerprint density at radius 2 is 2.14 bits per heavy atom. The van der Waals surface area contributed by atoms with Gasteiger partial charge in [-0.25, -0.2) is 0 Å². The van der Waals surface area contributed by atoms with Gasteiger partial charge in [-0.15, -0.1) is 0 Å². The SMILES string of the molecule is [CH]1CCC(=NOC2CCCCO2)CC1. The second-order valence-electron chi connectivity index (χ2n) is 3.93. The fourth-order valence-electron chi connectivity index (χ4n) is 1.83. The summed E-state index contributed by atoms with van der Waals surface area (Å²) >= 11 is 0. The topological polar surface area (TPSA) is 30.8 Å². The minimum absolute atomic E-state index is 0.0813. The summed E-state index contributed by atoms with van der Waals surface area (Å²) in [4.78, 5) is 5.37. The first kappa shape index (κ1) is 9.97. The van der Waals surface area contributed by atoms with Gasteiger partial charge in [-0.1, -0.05) is 5.16 Å². The minimum Gasteiger partial charge on any atom is -0.364 e. The Morgan fingerprint density at radius 1 is 1.29 bits per heavy atom. The van der Waals surface area contributed by atoms with Crippen LogP contribution < -0.4 is 0 Å². The van der Waals surface area contributed by atoms with E-state index in [-0.39, 0.29) is 6.29 Å². The standard InChI is InChI=1S/C11H18NO2/c1-2-6-10(7-3-1)12-14-11-8-4-5-9-13-11/h1,11H,2-9H2. The lowest BCUT2D eigenvalue weighted by molar-refractivity contribution is -0.162. The quantitative estimate of drug-likeness (QED) is 0.636. The van der Waals surface area contributed by atoms with E-state index in [0.717, 1.165) is 45.1 Å². The molecule has 1 atom stereocenters. The lowest BCUT2D eigenvalue weighted by atomic mass is 9.99. The lowest BCUT2D eigenvalue weighted by Gasteiger charge is -2.21. The molecule has 1 aliphatic heterocycles. The predicted molar refractivity (Wildman–Crippen MR) is 54.9 cm³/mol. The van der Waals surface area contributed by atoms with E-state index in [2.05, 4.69) is 11.6 Å². The molecule has 2 aliphatic rings. The molecule has 2 rings (SSSR count). The van der Waals surface area contributed by atoms with Gasteiger partial charge in [-0.05, 0) is 44.9 Å². The fraction of sp³-hybridized carbons (Fsp3) is 0.818. The van der Waals surface area contributed by atoms with Crippen molar-refractivity contribution >= 4 is 5.71 Å². The Bertz CT molecular complexity index is 189. The number of hydrogen-bond donors (Lipinski definition) is 0. The van der Waals surface area contributed by atoms with Crippen LogP contribution in [0, 0.1) is 6.42 Å². The molecular formula is C11H18NO2. The predicted octanol–water partition coefficient (Wildman–Crippen LogP) is 2.66. The smallest absolute Gasteiger partial charge is 0.226 e. The van der Waals surface area contributed by atoms with Crippen molar-refractivity contribution in [3.05, 3.63) is 6.42 Å². The van der Waals surface area contributed by atoms with E-state index in [1.807, 2.05) is 0 Å². The fourth-order valence-corrected chi connectivity index (χ4v) is 1.83. The highest BCUT2D eigenvalue weighted by Crippen LogP contribution is 2.17. The maximum atomic E-state index is 5.43. The lowest BCUT2D eigenvalue weighted by Crippen LogP contribution is -2.21. The van der Waals surface area contributed by atoms with Crippen LogP contribution in [-0.2, 0) is 9.57 Å². The van der Waals surface area contributed by atoms with Gasteiger partial charge in [0.15, 0.2) is 0 Å². The molecule has 79 valence electrons. The molecule has 0 aromatic heterocycles. The number of hydrogen-bond acceptors (Lipinski definition) is 3. The van der Waals surface area contributed by atoms with E-state index in [0.29, 0.717) is 0 Å². The van der Waals surface area contributed by atoms with Crippen molar-refractivity contribution in [1.82, 2.24) is 0 Å². The number of nitrogens with zero attached hydrogens (tertiary/aromatic N) is 1. The van der Waals surface area contributed by atoms with Gasteiger partial charge in [-0.2, -0.15) is 0 Å². The molecule has 1 unspecified atom stereocenters. The van der Waals surface area contributed by atoms with E-state index < -0.39 is 0 Å². The third-order valence-corrected chi connectivity index (χ3v) is 2.71. The van der Waals surface area contributed by atoms with Crippen LogP contribution in [0.25, 0.3) is 0 Å². The van der Waals surface area contributed by atoms with Crippen molar-refractivity contribution < 1.29 is 9.57 Å². The maximum absolute atomic E-state index is 5.43. The average Bonchev–Trinajstić information content (AvgIpc) is 2.29. The molecule has 1 radical (unpaired) electrons. The summed E-state index contributed by atoms with van der Waals surface area (Å²) in [5.74, 6) is 0. The Balaban J connectivity index is 1.73. The van der Waals surface area contributed by atoms with Gasteiger partial charge in [-0.3, -0.25) is 0 Å². The molecule has 0 N–H and O–H groups in total. The normalized spacial score (nSPS) is 28.6. The first-order valence-corrected chi connectivity index (χ1v) is 5.60. The summed E-state index contributed by atoms with van der Waals surface area (Å²) < 4.78 is 5.43. The van der Waals surface area contributed by atoms with Crippen LogP contribution >= 0.6 is 0 Å². The molecule has 0 amide bonds. The largest absolute Gasteiger partial charge is 0.364 e. The van der Waals surface area contributed by atoms with E-state index >= 15 is 0 Å². The molecule has 0 aromatic carbocycles. The summed E-state index contributed by atoms with van der Waals surface area (Å²) in [6.07, 6.45) is 10.00. The zero-order valence-corrected chi connectivity index (χ0v) is 8.58. The van der Waals surface area contributed by atoms with Crippen molar-refractivity contribution in [2.75, 3.05) is 6.61 Å². The Morgan fingerprint density at radius 3 is 2.86 bits per heavy atom. The highest BCUT2D eigenvalue weighted by molar-refractivity contribution is 5.84. The number of rotatable bonds is 2. The number of oxime groups is 1. The van der Waals surface area contributed by atoms with E-state index in [1.54, 1.807) is 0 Å². The summed E-state index contributed by atoms with van der Waals surface area (Å²) in [6, 6.07) is 0. The molecule has 3 nitrogen and oxygen atoms in total. The Hall–Kier alpha value is -0.570. The van der Waals surface area contributed by atoms with Gasteiger partial charge >= 0.3 is 0 Å². The van der Waals surface area contributed by atoms with Gasteiger partial charge in [0, 0.05) is 6.42 Å². The monoisotopic (exact) mass is 196 g/mol. The Kier molecular flexibility index (Phi) is 3.80. The van der Waals surface area contributed by atoms with Crippen LogP contribution in [0.2, 0.25) is 0 Å². The van der Waals surface area contributed by atoms with Crippen LogP contribution in [0.15, 0.2) is 5.16 Å². The molecule has 0 spiro atoms. The highest BCUT2D eigenvalue weighted by Gasteiger charge is 2.15. The molecule has 2 fully saturated rings. The molecule has 1 aliphatic carbocycles. The van der Waals surface area contributed by atoms with Gasteiger partial charge in [0.2, 0.25) is 6.29 Å². The molecule has 14 heavy (non-hydrogen) atoms. The van der Waals surface area contributed by atoms with Gasteiger partial charge in [0.05, 0.1) is 12.3 Å². The van der Waals surface area contributed by atoms with E-state index in [9.17, 15) is 0 Å². The molecular weight excluding hydrogens is 178 g/mol. The second kappa shape index (κ2) is 5.35.